The lowest BCUT2D eigenvalue weighted by Crippen LogP contribution is -2.53. The normalized spacial score (nSPS) is 31.9. The van der Waals surface area contributed by atoms with Crippen molar-refractivity contribution in [1.82, 2.24) is 0 Å². The maximum absolute atomic E-state index is 11.8. The van der Waals surface area contributed by atoms with Crippen LogP contribution in [0.15, 0.2) is 30.3 Å². The summed E-state index contributed by atoms with van der Waals surface area (Å²) in [6.07, 6.45) is -3.46. The average molecular weight is 252 g/mol. The minimum Gasteiger partial charge on any atom is -0.453 e. The maximum Gasteiger partial charge on any atom is 0.338 e. The first-order valence-corrected chi connectivity index (χ1v) is 5.83. The van der Waals surface area contributed by atoms with E-state index in [-0.39, 0.29) is 6.61 Å². The van der Waals surface area contributed by atoms with Crippen LogP contribution in [0, 0.1) is 0 Å². The van der Waals surface area contributed by atoms with Crippen molar-refractivity contribution >= 4 is 5.97 Å². The van der Waals surface area contributed by atoms with E-state index in [0.29, 0.717) is 5.56 Å². The molecule has 2 rings (SSSR count). The topological polar surface area (TPSA) is 76.0 Å². The zero-order chi connectivity index (χ0) is 13.1. The van der Waals surface area contributed by atoms with Crippen LogP contribution in [0.25, 0.3) is 0 Å². The van der Waals surface area contributed by atoms with Crippen LogP contribution in [0.4, 0.5) is 0 Å². The van der Waals surface area contributed by atoms with Crippen LogP contribution in [0.1, 0.15) is 17.3 Å². The van der Waals surface area contributed by atoms with E-state index >= 15 is 0 Å². The Bertz CT molecular complexity index is 405. The first-order chi connectivity index (χ1) is 8.59. The van der Waals surface area contributed by atoms with Gasteiger partial charge in [0.2, 0.25) is 0 Å². The maximum atomic E-state index is 11.8. The summed E-state index contributed by atoms with van der Waals surface area (Å²) in [6.45, 7) is 1.74. The summed E-state index contributed by atoms with van der Waals surface area (Å²) in [4.78, 5) is 11.8. The van der Waals surface area contributed by atoms with Crippen molar-refractivity contribution in [1.29, 1.82) is 0 Å². The molecule has 98 valence electrons. The van der Waals surface area contributed by atoms with Gasteiger partial charge in [0.05, 0.1) is 18.3 Å². The Hall–Kier alpha value is -1.43. The molecule has 0 aliphatic carbocycles. The minimum atomic E-state index is -1.12. The van der Waals surface area contributed by atoms with E-state index in [1.165, 1.54) is 0 Å². The van der Waals surface area contributed by atoms with Gasteiger partial charge >= 0.3 is 5.97 Å². The molecular formula is C13H16O5. The number of rotatable bonds is 2. The molecule has 1 aromatic rings. The average Bonchev–Trinajstić information content (AvgIpc) is 2.40. The Labute approximate surface area is 105 Å². The summed E-state index contributed by atoms with van der Waals surface area (Å²) in [7, 11) is 0. The van der Waals surface area contributed by atoms with Crippen molar-refractivity contribution in [3.05, 3.63) is 35.9 Å². The number of esters is 1. The zero-order valence-corrected chi connectivity index (χ0v) is 10.0. The Morgan fingerprint density at radius 3 is 2.67 bits per heavy atom. The van der Waals surface area contributed by atoms with Gasteiger partial charge in [-0.1, -0.05) is 18.2 Å². The molecule has 4 atom stereocenters. The molecule has 1 saturated heterocycles. The molecule has 18 heavy (non-hydrogen) atoms. The summed E-state index contributed by atoms with van der Waals surface area (Å²) in [6, 6.07) is 8.49. The second kappa shape index (κ2) is 5.48. The molecule has 1 aliphatic rings. The van der Waals surface area contributed by atoms with Crippen LogP contribution < -0.4 is 0 Å². The van der Waals surface area contributed by atoms with Crippen LogP contribution in [-0.2, 0) is 9.47 Å². The van der Waals surface area contributed by atoms with Gasteiger partial charge in [0.1, 0.15) is 12.2 Å². The number of hydrogen-bond donors (Lipinski definition) is 2. The molecule has 5 nitrogen and oxygen atoms in total. The standard InChI is InChI=1S/C13H16O5/c1-8-12(11(15)10(14)7-17-8)18-13(16)9-5-3-2-4-6-9/h2-6,8,10-12,14-15H,7H2,1H3/t8-,10+,11-,12?/m0/s1. The number of ether oxygens (including phenoxy) is 2. The van der Waals surface area contributed by atoms with Crippen LogP contribution in [-0.4, -0.2) is 47.2 Å². The minimum absolute atomic E-state index is 0.0434. The number of carbonyl (C=O) groups is 1. The van der Waals surface area contributed by atoms with E-state index in [2.05, 4.69) is 0 Å². The first kappa shape index (κ1) is 13.0. The SMILES string of the molecule is C[C@@H]1OC[C@@H](O)[C@H](O)C1OC(=O)c1ccccc1. The van der Waals surface area contributed by atoms with Gasteiger partial charge in [0, 0.05) is 0 Å². The molecule has 0 bridgehead atoms. The lowest BCUT2D eigenvalue weighted by atomic mass is 10.0. The monoisotopic (exact) mass is 252 g/mol. The Balaban J connectivity index is 2.06. The molecule has 5 heteroatoms. The van der Waals surface area contributed by atoms with Crippen molar-refractivity contribution < 1.29 is 24.5 Å². The van der Waals surface area contributed by atoms with Gasteiger partial charge in [-0.15, -0.1) is 0 Å². The third-order valence-electron chi connectivity index (χ3n) is 2.98. The Morgan fingerprint density at radius 2 is 2.00 bits per heavy atom. The van der Waals surface area contributed by atoms with Gasteiger partial charge in [-0.25, -0.2) is 4.79 Å². The molecule has 1 unspecified atom stereocenters. The third-order valence-corrected chi connectivity index (χ3v) is 2.98. The molecule has 1 aromatic carbocycles. The van der Waals surface area contributed by atoms with E-state index in [9.17, 15) is 15.0 Å². The molecule has 1 fully saturated rings. The number of hydrogen-bond acceptors (Lipinski definition) is 5. The Kier molecular flexibility index (Phi) is 3.96. The molecule has 0 saturated carbocycles. The fourth-order valence-corrected chi connectivity index (χ4v) is 1.87. The van der Waals surface area contributed by atoms with E-state index < -0.39 is 30.4 Å². The van der Waals surface area contributed by atoms with E-state index in [1.54, 1.807) is 37.3 Å². The summed E-state index contributed by atoms with van der Waals surface area (Å²) in [5.41, 5.74) is 0.400. The summed E-state index contributed by atoms with van der Waals surface area (Å²) in [5, 5.41) is 19.3. The van der Waals surface area contributed by atoms with Crippen molar-refractivity contribution in [3.63, 3.8) is 0 Å². The van der Waals surface area contributed by atoms with Crippen molar-refractivity contribution in [2.24, 2.45) is 0 Å². The fourth-order valence-electron chi connectivity index (χ4n) is 1.87. The van der Waals surface area contributed by atoms with Gasteiger partial charge in [-0.2, -0.15) is 0 Å². The van der Waals surface area contributed by atoms with E-state index in [4.69, 9.17) is 9.47 Å². The quantitative estimate of drug-likeness (QED) is 0.743. The van der Waals surface area contributed by atoms with Crippen LogP contribution in [0.5, 0.6) is 0 Å². The predicted molar refractivity (Wildman–Crippen MR) is 63.1 cm³/mol. The predicted octanol–water partition coefficient (Wildman–Crippen LogP) is 0.352. The number of carbonyl (C=O) groups excluding carboxylic acids is 1. The highest BCUT2D eigenvalue weighted by atomic mass is 16.6. The largest absolute Gasteiger partial charge is 0.453 e. The second-order valence-electron chi connectivity index (χ2n) is 4.33. The summed E-state index contributed by atoms with van der Waals surface area (Å²) >= 11 is 0. The molecule has 0 amide bonds. The van der Waals surface area contributed by atoms with Crippen molar-refractivity contribution in [2.75, 3.05) is 6.61 Å². The molecule has 2 N–H and O–H groups in total. The smallest absolute Gasteiger partial charge is 0.338 e. The Morgan fingerprint density at radius 1 is 1.33 bits per heavy atom. The van der Waals surface area contributed by atoms with Crippen LogP contribution in [0.3, 0.4) is 0 Å². The molecule has 0 aromatic heterocycles. The molecule has 1 aliphatic heterocycles. The first-order valence-electron chi connectivity index (χ1n) is 5.83. The van der Waals surface area contributed by atoms with E-state index in [0.717, 1.165) is 0 Å². The van der Waals surface area contributed by atoms with Gasteiger partial charge in [-0.05, 0) is 19.1 Å². The highest BCUT2D eigenvalue weighted by Crippen LogP contribution is 2.19. The van der Waals surface area contributed by atoms with Gasteiger partial charge in [0.15, 0.2) is 6.10 Å². The lowest BCUT2D eigenvalue weighted by molar-refractivity contribution is -0.182. The molecule has 0 spiro atoms. The van der Waals surface area contributed by atoms with Gasteiger partial charge < -0.3 is 19.7 Å². The fraction of sp³-hybridized carbons (Fsp3) is 0.462. The highest BCUT2D eigenvalue weighted by Gasteiger charge is 2.39. The zero-order valence-electron chi connectivity index (χ0n) is 10.0. The van der Waals surface area contributed by atoms with Crippen molar-refractivity contribution in [2.45, 2.75) is 31.3 Å². The van der Waals surface area contributed by atoms with Gasteiger partial charge in [-0.3, -0.25) is 0 Å². The number of aliphatic hydroxyl groups is 2. The highest BCUT2D eigenvalue weighted by molar-refractivity contribution is 5.89. The van der Waals surface area contributed by atoms with Crippen LogP contribution in [0.2, 0.25) is 0 Å². The lowest BCUT2D eigenvalue weighted by Gasteiger charge is -2.35. The van der Waals surface area contributed by atoms with E-state index in [1.807, 2.05) is 0 Å². The molecule has 0 radical (unpaired) electrons. The second-order valence-corrected chi connectivity index (χ2v) is 4.33. The molecule has 1 heterocycles. The van der Waals surface area contributed by atoms with Crippen LogP contribution >= 0.6 is 0 Å². The third kappa shape index (κ3) is 2.69. The number of aliphatic hydroxyl groups excluding tert-OH is 2. The number of benzene rings is 1. The summed E-state index contributed by atoms with van der Waals surface area (Å²) in [5.74, 6) is -0.538. The molecular weight excluding hydrogens is 236 g/mol. The van der Waals surface area contributed by atoms with Gasteiger partial charge in [0.25, 0.3) is 0 Å². The summed E-state index contributed by atoms with van der Waals surface area (Å²) < 4.78 is 10.4. The van der Waals surface area contributed by atoms with Crippen molar-refractivity contribution in [3.8, 4) is 0 Å².